The molecular formula is C31H56ClNO. The van der Waals surface area contributed by atoms with Crippen LogP contribution in [0.2, 0.25) is 0 Å². The monoisotopic (exact) mass is 493 g/mol. The van der Waals surface area contributed by atoms with Crippen molar-refractivity contribution in [1.29, 1.82) is 0 Å². The van der Waals surface area contributed by atoms with Crippen molar-refractivity contribution in [3.8, 4) is 0 Å². The van der Waals surface area contributed by atoms with E-state index in [0.717, 1.165) is 38.3 Å². The third-order valence-electron chi connectivity index (χ3n) is 7.32. The number of ketones is 1. The molecule has 0 bridgehead atoms. The van der Waals surface area contributed by atoms with E-state index < -0.39 is 0 Å². The van der Waals surface area contributed by atoms with Crippen LogP contribution < -0.4 is 17.7 Å². The molecule has 1 aromatic rings. The first kappa shape index (κ1) is 33.1. The van der Waals surface area contributed by atoms with Crippen molar-refractivity contribution in [3.63, 3.8) is 0 Å². The Morgan fingerprint density at radius 3 is 1.65 bits per heavy atom. The second-order valence-corrected chi connectivity index (χ2v) is 10.2. The Hall–Kier alpha value is -0.860. The molecule has 0 aliphatic rings. The maximum absolute atomic E-state index is 12.0. The molecule has 198 valence electrons. The van der Waals surface area contributed by atoms with Gasteiger partial charge in [0.15, 0.2) is 0 Å². The van der Waals surface area contributed by atoms with E-state index in [0.29, 0.717) is 5.78 Å². The minimum absolute atomic E-state index is 0. The van der Waals surface area contributed by atoms with Crippen LogP contribution in [0.4, 0.5) is 0 Å². The highest BCUT2D eigenvalue weighted by Crippen LogP contribution is 2.18. The normalized spacial score (nSPS) is 11.0. The zero-order chi connectivity index (χ0) is 23.8. The molecule has 0 aliphatic heterocycles. The summed E-state index contributed by atoms with van der Waals surface area (Å²) in [7, 11) is 0. The summed E-state index contributed by atoms with van der Waals surface area (Å²) in [5.74, 6) is 1.43. The lowest BCUT2D eigenvalue weighted by Crippen LogP contribution is -3.00. The zero-order valence-electron chi connectivity index (χ0n) is 22.7. The zero-order valence-corrected chi connectivity index (χ0v) is 23.4. The highest BCUT2D eigenvalue weighted by Gasteiger charge is 2.04. The highest BCUT2D eigenvalue weighted by atomic mass is 35.5. The van der Waals surface area contributed by atoms with Crippen molar-refractivity contribution in [1.82, 2.24) is 0 Å². The van der Waals surface area contributed by atoms with Crippen molar-refractivity contribution >= 4 is 5.78 Å². The van der Waals surface area contributed by atoms with Gasteiger partial charge in [-0.15, -0.1) is 0 Å². The molecule has 0 atom stereocenters. The Morgan fingerprint density at radius 1 is 0.676 bits per heavy atom. The Balaban J connectivity index is 0.0000109. The molecule has 0 fully saturated rings. The predicted molar refractivity (Wildman–Crippen MR) is 145 cm³/mol. The van der Waals surface area contributed by atoms with E-state index in [9.17, 15) is 4.79 Å². The molecule has 0 radical (unpaired) electrons. The molecule has 0 amide bonds. The van der Waals surface area contributed by atoms with Gasteiger partial charge >= 0.3 is 0 Å². The van der Waals surface area contributed by atoms with Crippen LogP contribution in [0.15, 0.2) is 30.3 Å². The first-order valence-corrected chi connectivity index (χ1v) is 14.6. The number of nitrogens with two attached hydrogens (primary N) is 1. The molecule has 2 nitrogen and oxygen atoms in total. The molecule has 3 heteroatoms. The lowest BCUT2D eigenvalue weighted by molar-refractivity contribution is -0.669. The molecule has 1 rings (SSSR count). The quantitative estimate of drug-likeness (QED) is 0.192. The molecule has 2 N–H and O–H groups in total. The Kier molecular flexibility index (Phi) is 24.6. The van der Waals surface area contributed by atoms with Crippen LogP contribution in [-0.4, -0.2) is 12.3 Å². The molecule has 1 aromatic carbocycles. The Labute approximate surface area is 218 Å². The maximum atomic E-state index is 12.0. The minimum atomic E-state index is 0. The Bertz CT molecular complexity index is 544. The second-order valence-electron chi connectivity index (χ2n) is 10.2. The fraction of sp³-hybridized carbons (Fsp3) is 0.774. The summed E-state index contributed by atoms with van der Waals surface area (Å²) in [4.78, 5) is 12.0. The fourth-order valence-corrected chi connectivity index (χ4v) is 4.84. The van der Waals surface area contributed by atoms with E-state index >= 15 is 0 Å². The minimum Gasteiger partial charge on any atom is -1.00 e. The van der Waals surface area contributed by atoms with E-state index in [4.69, 9.17) is 0 Å². The number of carbonyl (C=O) groups excluding carboxylic acids is 1. The first-order chi connectivity index (χ1) is 16.3. The number of unbranched alkanes of at least 4 members (excludes halogenated alkanes) is 13. The topological polar surface area (TPSA) is 33.7 Å². The van der Waals surface area contributed by atoms with Crippen LogP contribution in [0.5, 0.6) is 0 Å². The summed E-state index contributed by atoms with van der Waals surface area (Å²) in [6, 6.07) is 10.5. The highest BCUT2D eigenvalue weighted by molar-refractivity contribution is 5.78. The molecular weight excluding hydrogens is 438 g/mol. The summed E-state index contributed by atoms with van der Waals surface area (Å²) >= 11 is 0. The second kappa shape index (κ2) is 25.2. The number of benzene rings is 1. The van der Waals surface area contributed by atoms with E-state index in [-0.39, 0.29) is 12.4 Å². The smallest absolute Gasteiger partial charge is 0.138 e. The van der Waals surface area contributed by atoms with Crippen molar-refractivity contribution in [2.24, 2.45) is 5.92 Å². The predicted octanol–water partition coefficient (Wildman–Crippen LogP) is 5.39. The van der Waals surface area contributed by atoms with Gasteiger partial charge in [0.25, 0.3) is 0 Å². The molecule has 0 unspecified atom stereocenters. The average molecular weight is 494 g/mol. The van der Waals surface area contributed by atoms with Gasteiger partial charge in [0.1, 0.15) is 12.3 Å². The lowest BCUT2D eigenvalue weighted by atomic mass is 9.95. The van der Waals surface area contributed by atoms with Crippen LogP contribution in [0, 0.1) is 5.92 Å². The number of hydrogen-bond donors (Lipinski definition) is 1. The van der Waals surface area contributed by atoms with Crippen LogP contribution in [0.3, 0.4) is 0 Å². The number of halogens is 1. The molecule has 0 saturated heterocycles. The van der Waals surface area contributed by atoms with Gasteiger partial charge in [-0.3, -0.25) is 4.79 Å². The SMILES string of the molecule is CCC(CC)CCCCCCCCCCCCCCCCC(=O)CC[NH2+]Cc1ccccc1.[Cl-]. The summed E-state index contributed by atoms with van der Waals surface area (Å²) in [6.07, 6.45) is 25.0. The van der Waals surface area contributed by atoms with E-state index in [1.165, 1.54) is 108 Å². The van der Waals surface area contributed by atoms with Crippen LogP contribution >= 0.6 is 0 Å². The number of rotatable bonds is 24. The largest absolute Gasteiger partial charge is 1.00 e. The van der Waals surface area contributed by atoms with E-state index in [1.54, 1.807) is 0 Å². The van der Waals surface area contributed by atoms with Gasteiger partial charge in [0.2, 0.25) is 0 Å². The van der Waals surface area contributed by atoms with Gasteiger partial charge in [0.05, 0.1) is 13.0 Å². The van der Waals surface area contributed by atoms with Crippen LogP contribution in [0.25, 0.3) is 0 Å². The summed E-state index contributed by atoms with van der Waals surface area (Å²) in [5.41, 5.74) is 1.34. The average Bonchev–Trinajstić information content (AvgIpc) is 2.84. The third-order valence-corrected chi connectivity index (χ3v) is 7.32. The van der Waals surface area contributed by atoms with Crippen molar-refractivity contribution in [2.45, 2.75) is 142 Å². The molecule has 0 saturated carbocycles. The van der Waals surface area contributed by atoms with Gasteiger partial charge in [-0.25, -0.2) is 0 Å². The van der Waals surface area contributed by atoms with Gasteiger partial charge in [-0.1, -0.05) is 147 Å². The maximum Gasteiger partial charge on any atom is 0.138 e. The number of quaternary nitrogens is 1. The molecule has 0 spiro atoms. The molecule has 34 heavy (non-hydrogen) atoms. The van der Waals surface area contributed by atoms with E-state index in [2.05, 4.69) is 43.4 Å². The Morgan fingerprint density at radius 2 is 1.15 bits per heavy atom. The lowest BCUT2D eigenvalue weighted by Gasteiger charge is -2.11. The van der Waals surface area contributed by atoms with Gasteiger partial charge < -0.3 is 17.7 Å². The third kappa shape index (κ3) is 20.5. The standard InChI is InChI=1S/C31H55NO.ClH/c1-3-29(4-2)22-18-15-13-11-9-7-5-6-8-10-12-14-16-21-25-31(33)26-27-32-28-30-23-19-17-20-24-30;/h17,19-20,23-24,29,32H,3-16,18,21-22,25-28H2,1-2H3;1H. The van der Waals surface area contributed by atoms with Gasteiger partial charge in [-0.2, -0.15) is 0 Å². The van der Waals surface area contributed by atoms with Gasteiger partial charge in [0, 0.05) is 12.0 Å². The molecule has 0 aliphatic carbocycles. The van der Waals surface area contributed by atoms with Crippen molar-refractivity contribution in [2.75, 3.05) is 6.54 Å². The van der Waals surface area contributed by atoms with Crippen LogP contribution in [-0.2, 0) is 11.3 Å². The number of Topliss-reactive ketones (excluding diaryl/α,β-unsaturated/α-hetero) is 1. The molecule has 0 aromatic heterocycles. The van der Waals surface area contributed by atoms with Crippen molar-refractivity contribution in [3.05, 3.63) is 35.9 Å². The fourth-order valence-electron chi connectivity index (χ4n) is 4.84. The van der Waals surface area contributed by atoms with Crippen LogP contribution in [0.1, 0.15) is 141 Å². The summed E-state index contributed by atoms with van der Waals surface area (Å²) < 4.78 is 0. The number of hydrogen-bond acceptors (Lipinski definition) is 1. The van der Waals surface area contributed by atoms with E-state index in [1.807, 2.05) is 6.07 Å². The van der Waals surface area contributed by atoms with Crippen molar-refractivity contribution < 1.29 is 22.5 Å². The number of carbonyl (C=O) groups is 1. The first-order valence-electron chi connectivity index (χ1n) is 14.6. The van der Waals surface area contributed by atoms with Gasteiger partial charge in [-0.05, 0) is 12.3 Å². The summed E-state index contributed by atoms with van der Waals surface area (Å²) in [5, 5.41) is 2.25. The molecule has 0 heterocycles. The summed E-state index contributed by atoms with van der Waals surface area (Å²) in [6.45, 7) is 6.58.